The normalized spacial score (nSPS) is 30.4. The molecule has 0 saturated carbocycles. The molecule has 0 aromatic rings. The highest BCUT2D eigenvalue weighted by molar-refractivity contribution is 5.80. The average molecular weight is 492 g/mol. The minimum atomic E-state index is -3.93. The lowest BCUT2D eigenvalue weighted by Gasteiger charge is -2.48. The first-order valence-electron chi connectivity index (χ1n) is 9.68. The zero-order valence-corrected chi connectivity index (χ0v) is 18.3. The lowest BCUT2D eigenvalue weighted by molar-refractivity contribution is -0.363. The molecule has 0 spiro atoms. The van der Waals surface area contributed by atoms with Crippen LogP contribution in [0.2, 0.25) is 0 Å². The van der Waals surface area contributed by atoms with Gasteiger partial charge in [-0.1, -0.05) is 5.92 Å². The van der Waals surface area contributed by atoms with Gasteiger partial charge in [-0.2, -0.15) is 4.39 Å². The van der Waals surface area contributed by atoms with Gasteiger partial charge in [-0.25, -0.2) is 18.8 Å². The van der Waals surface area contributed by atoms with Crippen molar-refractivity contribution in [1.29, 1.82) is 0 Å². The highest BCUT2D eigenvalue weighted by Crippen LogP contribution is 2.46. The molecule has 2 rings (SSSR count). The maximum absolute atomic E-state index is 15.6. The first kappa shape index (κ1) is 26.6. The van der Waals surface area contributed by atoms with Gasteiger partial charge in [0, 0.05) is 13.8 Å². The van der Waals surface area contributed by atoms with Gasteiger partial charge in [-0.15, -0.1) is 6.42 Å². The number of nitrogens with one attached hydrogen (secondary N) is 2. The Bertz CT molecular complexity index is 894. The number of terminal acetylenes is 1. The van der Waals surface area contributed by atoms with E-state index in [-0.39, 0.29) is 6.54 Å². The minimum absolute atomic E-state index is 0.365. The second-order valence-electron chi connectivity index (χ2n) is 7.13. The van der Waals surface area contributed by atoms with Crippen LogP contribution in [0.1, 0.15) is 20.3 Å². The van der Waals surface area contributed by atoms with E-state index in [0.717, 1.165) is 21.0 Å². The minimum Gasteiger partial charge on any atom is -0.465 e. The number of rotatable bonds is 8. The topological polar surface area (TPSA) is 165 Å². The molecule has 188 valence electrons. The molecule has 2 heterocycles. The number of alkyl carbamates (subject to hydrolysis) is 2. The van der Waals surface area contributed by atoms with E-state index in [2.05, 4.69) is 21.3 Å². The molecule has 0 radical (unpaired) electrons. The van der Waals surface area contributed by atoms with Crippen LogP contribution in [0.15, 0.2) is 0 Å². The predicted molar refractivity (Wildman–Crippen MR) is 102 cm³/mol. The molecule has 15 heteroatoms. The summed E-state index contributed by atoms with van der Waals surface area (Å²) in [5.41, 5.74) is 0. The zero-order chi connectivity index (χ0) is 25.7. The quantitative estimate of drug-likeness (QED) is 0.258. The highest BCUT2D eigenvalue weighted by Gasteiger charge is 2.72. The lowest BCUT2D eigenvalue weighted by Crippen LogP contribution is -2.72. The Morgan fingerprint density at radius 3 is 2.53 bits per heavy atom. The summed E-state index contributed by atoms with van der Waals surface area (Å²) in [6, 6.07) is -1.75. The first-order valence-corrected chi connectivity index (χ1v) is 9.68. The van der Waals surface area contributed by atoms with Crippen LogP contribution in [-0.4, -0.2) is 86.4 Å². The van der Waals surface area contributed by atoms with E-state index in [1.807, 2.05) is 0 Å². The van der Waals surface area contributed by atoms with Crippen molar-refractivity contribution < 1.29 is 61.2 Å². The van der Waals surface area contributed by atoms with E-state index in [9.17, 15) is 24.0 Å². The molecule has 0 aliphatic carbocycles. The number of carbonyl (C=O) groups excluding carboxylic acids is 5. The smallest absolute Gasteiger partial charge is 0.410 e. The second-order valence-corrected chi connectivity index (χ2v) is 7.13. The van der Waals surface area contributed by atoms with E-state index in [4.69, 9.17) is 30.1 Å². The van der Waals surface area contributed by atoms with Crippen molar-refractivity contribution in [3.05, 3.63) is 0 Å². The van der Waals surface area contributed by atoms with Gasteiger partial charge >= 0.3 is 35.9 Å². The van der Waals surface area contributed by atoms with Gasteiger partial charge in [0.1, 0.15) is 18.8 Å². The molecular weight excluding hydrogens is 470 g/mol. The van der Waals surface area contributed by atoms with E-state index in [0.29, 0.717) is 0 Å². The molecule has 0 aromatic carbocycles. The Morgan fingerprint density at radius 2 is 1.97 bits per heavy atom. The van der Waals surface area contributed by atoms with Gasteiger partial charge in [-0.3, -0.25) is 14.3 Å². The van der Waals surface area contributed by atoms with Gasteiger partial charge < -0.3 is 34.3 Å². The third kappa shape index (κ3) is 5.63. The standard InChI is InChI=1S/C19H22F2N2O11/c1-5-6-22-16(27)33-18(7-11(31-10(3)25)8-30-9(2)24)14-12(32-17(28)23-14)13(20)19(21,34-18)15(26)29-4/h1,11-14H,6-8H2,2-4H3,(H,22,27)(H,23,28). The van der Waals surface area contributed by atoms with Crippen LogP contribution in [0.25, 0.3) is 0 Å². The summed E-state index contributed by atoms with van der Waals surface area (Å²) in [5.74, 6) is -8.18. The van der Waals surface area contributed by atoms with Crippen molar-refractivity contribution in [2.75, 3.05) is 20.3 Å². The molecule has 2 N–H and O–H groups in total. The number of hydrogen-bond acceptors (Lipinski definition) is 11. The fourth-order valence-corrected chi connectivity index (χ4v) is 3.41. The van der Waals surface area contributed by atoms with E-state index >= 15 is 8.78 Å². The Balaban J connectivity index is 2.57. The van der Waals surface area contributed by atoms with Gasteiger partial charge in [0.25, 0.3) is 0 Å². The number of methoxy groups -OCH3 is 1. The molecule has 6 atom stereocenters. The largest absolute Gasteiger partial charge is 0.465 e. The maximum atomic E-state index is 15.6. The molecule has 2 fully saturated rings. The van der Waals surface area contributed by atoms with Crippen molar-refractivity contribution in [2.24, 2.45) is 0 Å². The van der Waals surface area contributed by atoms with Crippen LogP contribution >= 0.6 is 0 Å². The number of ether oxygens (including phenoxy) is 6. The molecule has 2 aliphatic heterocycles. The molecule has 2 aliphatic rings. The van der Waals surface area contributed by atoms with Crippen molar-refractivity contribution in [3.8, 4) is 12.3 Å². The Hall–Kier alpha value is -3.67. The third-order valence-corrected chi connectivity index (χ3v) is 4.66. The molecule has 2 amide bonds. The summed E-state index contributed by atoms with van der Waals surface area (Å²) < 4.78 is 59.8. The zero-order valence-electron chi connectivity index (χ0n) is 18.3. The van der Waals surface area contributed by atoms with Gasteiger partial charge in [-0.05, 0) is 0 Å². The van der Waals surface area contributed by atoms with Crippen LogP contribution in [0, 0.1) is 12.3 Å². The summed E-state index contributed by atoms with van der Waals surface area (Å²) >= 11 is 0. The van der Waals surface area contributed by atoms with Crippen molar-refractivity contribution in [2.45, 2.75) is 56.3 Å². The first-order chi connectivity index (χ1) is 15.9. The van der Waals surface area contributed by atoms with Crippen LogP contribution in [0.3, 0.4) is 0 Å². The van der Waals surface area contributed by atoms with Crippen LogP contribution in [-0.2, 0) is 42.8 Å². The molecule has 13 nitrogen and oxygen atoms in total. The van der Waals surface area contributed by atoms with Crippen molar-refractivity contribution in [1.82, 2.24) is 10.6 Å². The molecule has 34 heavy (non-hydrogen) atoms. The van der Waals surface area contributed by atoms with E-state index in [1.54, 1.807) is 0 Å². The number of esters is 3. The number of amides is 2. The van der Waals surface area contributed by atoms with Crippen molar-refractivity contribution >= 4 is 30.1 Å². The Morgan fingerprint density at radius 1 is 1.29 bits per heavy atom. The fraction of sp³-hybridized carbons (Fsp3) is 0.632. The van der Waals surface area contributed by atoms with Crippen LogP contribution < -0.4 is 10.6 Å². The lowest BCUT2D eigenvalue weighted by atomic mass is 9.87. The van der Waals surface area contributed by atoms with E-state index < -0.39 is 79.2 Å². The monoisotopic (exact) mass is 492 g/mol. The van der Waals surface area contributed by atoms with E-state index in [1.165, 1.54) is 0 Å². The van der Waals surface area contributed by atoms with Gasteiger partial charge in [0.05, 0.1) is 20.1 Å². The Kier molecular flexibility index (Phi) is 8.22. The summed E-state index contributed by atoms with van der Waals surface area (Å²) in [5, 5.41) is 4.20. The summed E-state index contributed by atoms with van der Waals surface area (Å²) in [6.45, 7) is 1.03. The van der Waals surface area contributed by atoms with Gasteiger partial charge in [0.15, 0.2) is 6.10 Å². The summed E-state index contributed by atoms with van der Waals surface area (Å²) in [7, 11) is 0.731. The molecule has 2 saturated heterocycles. The average Bonchev–Trinajstić information content (AvgIpc) is 3.16. The molecule has 6 unspecified atom stereocenters. The number of halogens is 2. The number of fused-ring (bicyclic) bond motifs is 1. The predicted octanol–water partition coefficient (Wildman–Crippen LogP) is -0.389. The SMILES string of the molecule is C#CCNC(=O)OC1(CC(COC(C)=O)OC(C)=O)OC(F)(C(=O)OC)C(F)C2OC(=O)NC21. The maximum Gasteiger partial charge on any atom is 0.410 e. The number of hydrogen-bond donors (Lipinski definition) is 2. The highest BCUT2D eigenvalue weighted by atomic mass is 19.2. The third-order valence-electron chi connectivity index (χ3n) is 4.66. The molecule has 0 aromatic heterocycles. The van der Waals surface area contributed by atoms with Crippen LogP contribution in [0.5, 0.6) is 0 Å². The fourth-order valence-electron chi connectivity index (χ4n) is 3.41. The Labute approximate surface area is 191 Å². The molecule has 0 bridgehead atoms. The van der Waals surface area contributed by atoms with Crippen molar-refractivity contribution in [3.63, 3.8) is 0 Å². The van der Waals surface area contributed by atoms with Gasteiger partial charge in [0.2, 0.25) is 12.0 Å². The second kappa shape index (κ2) is 10.5. The van der Waals surface area contributed by atoms with Crippen LogP contribution in [0.4, 0.5) is 18.4 Å². The number of carbonyl (C=O) groups is 5. The summed E-state index contributed by atoms with van der Waals surface area (Å²) in [6.07, 6.45) is -4.85. The number of alkyl halides is 2. The molecular formula is C19H22F2N2O11. The summed E-state index contributed by atoms with van der Waals surface area (Å²) in [4.78, 5) is 59.2.